The second kappa shape index (κ2) is 9.20. The molecule has 0 bridgehead atoms. The smallest absolute Gasteiger partial charge is 0.223 e. The van der Waals surface area contributed by atoms with Gasteiger partial charge in [0, 0.05) is 25.9 Å². The Bertz CT molecular complexity index is 618. The van der Waals surface area contributed by atoms with Gasteiger partial charge in [-0.1, -0.05) is 52.0 Å². The second-order valence-corrected chi connectivity index (χ2v) is 8.01. The molecule has 1 aliphatic carbocycles. The number of hydrogen-bond donors (Lipinski definition) is 1. The number of fused-ring (bicyclic) bond motifs is 1. The van der Waals surface area contributed by atoms with E-state index in [1.54, 1.807) is 0 Å². The molecule has 4 heteroatoms. The molecule has 2 amide bonds. The maximum absolute atomic E-state index is 12.4. The van der Waals surface area contributed by atoms with E-state index in [4.69, 9.17) is 0 Å². The Morgan fingerprint density at radius 3 is 2.42 bits per heavy atom. The van der Waals surface area contributed by atoms with Crippen LogP contribution < -0.4 is 5.32 Å². The van der Waals surface area contributed by atoms with Gasteiger partial charge in [0.05, 0.1) is 6.04 Å². The lowest BCUT2D eigenvalue weighted by Crippen LogP contribution is -2.37. The first-order chi connectivity index (χ1) is 12.4. The highest BCUT2D eigenvalue weighted by Gasteiger charge is 2.32. The van der Waals surface area contributed by atoms with Crippen molar-refractivity contribution in [1.29, 1.82) is 0 Å². The molecule has 0 aromatic heterocycles. The Morgan fingerprint density at radius 1 is 1.12 bits per heavy atom. The van der Waals surface area contributed by atoms with Crippen molar-refractivity contribution in [1.82, 2.24) is 10.2 Å². The van der Waals surface area contributed by atoms with E-state index >= 15 is 0 Å². The van der Waals surface area contributed by atoms with Crippen LogP contribution in [-0.2, 0) is 15.0 Å². The Balaban J connectivity index is 1.93. The van der Waals surface area contributed by atoms with Gasteiger partial charge in [0.25, 0.3) is 0 Å². The molecular formula is C22H34N2O2. The number of hydrogen-bond acceptors (Lipinski definition) is 2. The van der Waals surface area contributed by atoms with Crippen molar-refractivity contribution in [2.45, 2.75) is 77.7 Å². The maximum Gasteiger partial charge on any atom is 0.223 e. The minimum absolute atomic E-state index is 0.0224. The van der Waals surface area contributed by atoms with E-state index in [1.165, 1.54) is 11.1 Å². The number of nitrogens with zero attached hydrogens (tertiary/aromatic N) is 1. The van der Waals surface area contributed by atoms with Crippen molar-refractivity contribution in [2.24, 2.45) is 0 Å². The lowest BCUT2D eigenvalue weighted by molar-refractivity contribution is -0.133. The van der Waals surface area contributed by atoms with Crippen LogP contribution in [-0.4, -0.2) is 29.8 Å². The van der Waals surface area contributed by atoms with Crippen LogP contribution >= 0.6 is 0 Å². The summed E-state index contributed by atoms with van der Waals surface area (Å²) in [5.41, 5.74) is 2.70. The molecule has 0 fully saturated rings. The van der Waals surface area contributed by atoms with Gasteiger partial charge in [0.15, 0.2) is 0 Å². The van der Waals surface area contributed by atoms with Crippen LogP contribution in [0.1, 0.15) is 83.4 Å². The molecule has 1 aromatic rings. The maximum atomic E-state index is 12.4. The average molecular weight is 359 g/mol. The van der Waals surface area contributed by atoms with Gasteiger partial charge in [-0.2, -0.15) is 0 Å². The molecule has 1 unspecified atom stereocenters. The Morgan fingerprint density at radius 2 is 1.77 bits per heavy atom. The number of amides is 2. The summed E-state index contributed by atoms with van der Waals surface area (Å²) in [5.74, 6) is 0.0693. The predicted octanol–water partition coefficient (Wildman–Crippen LogP) is 4.34. The Kier molecular flexibility index (Phi) is 7.24. The molecule has 1 aliphatic rings. The molecule has 144 valence electrons. The summed E-state index contributed by atoms with van der Waals surface area (Å²) in [6, 6.07) is 8.46. The lowest BCUT2D eigenvalue weighted by Gasteiger charge is -2.37. The van der Waals surface area contributed by atoms with Crippen molar-refractivity contribution in [3.8, 4) is 0 Å². The number of benzene rings is 1. The van der Waals surface area contributed by atoms with Crippen molar-refractivity contribution in [2.75, 3.05) is 13.1 Å². The normalized spacial score (nSPS) is 18.1. The molecule has 0 heterocycles. The number of rotatable bonds is 8. The van der Waals surface area contributed by atoms with Gasteiger partial charge in [-0.05, 0) is 42.2 Å². The van der Waals surface area contributed by atoms with E-state index in [1.807, 2.05) is 11.0 Å². The van der Waals surface area contributed by atoms with Gasteiger partial charge < -0.3 is 10.2 Å². The summed E-state index contributed by atoms with van der Waals surface area (Å²) < 4.78 is 0. The summed E-state index contributed by atoms with van der Waals surface area (Å²) in [6.07, 6.45) is 4.46. The van der Waals surface area contributed by atoms with Gasteiger partial charge in [-0.3, -0.25) is 9.59 Å². The molecule has 0 spiro atoms. The molecular weight excluding hydrogens is 324 g/mol. The molecule has 0 saturated heterocycles. The molecule has 2 rings (SSSR count). The van der Waals surface area contributed by atoms with Gasteiger partial charge in [0.1, 0.15) is 0 Å². The number of carbonyl (C=O) groups is 2. The van der Waals surface area contributed by atoms with E-state index in [-0.39, 0.29) is 29.7 Å². The number of nitrogens with one attached hydrogen (secondary N) is 1. The first-order valence-corrected chi connectivity index (χ1v) is 10.1. The lowest BCUT2D eigenvalue weighted by atomic mass is 9.71. The van der Waals surface area contributed by atoms with Crippen LogP contribution in [0.4, 0.5) is 0 Å². The summed E-state index contributed by atoms with van der Waals surface area (Å²) in [5, 5.41) is 3.16. The molecule has 1 N–H and O–H groups in total. The van der Waals surface area contributed by atoms with Crippen LogP contribution in [0.15, 0.2) is 24.3 Å². The topological polar surface area (TPSA) is 49.4 Å². The standard InChI is InChI=1S/C22H34N2O2/c1-5-15-24(16-6-2)21(26)12-11-20(25)23-19-13-14-22(3,4)18-10-8-7-9-17(18)19/h7-10,19H,5-6,11-16H2,1-4H3,(H,23,25). The second-order valence-electron chi connectivity index (χ2n) is 8.01. The highest BCUT2D eigenvalue weighted by molar-refractivity contribution is 5.84. The molecule has 1 aromatic carbocycles. The largest absolute Gasteiger partial charge is 0.349 e. The summed E-state index contributed by atoms with van der Waals surface area (Å²) in [4.78, 5) is 26.7. The quantitative estimate of drug-likeness (QED) is 0.751. The first kappa shape index (κ1) is 20.5. The van der Waals surface area contributed by atoms with Crippen molar-refractivity contribution in [3.05, 3.63) is 35.4 Å². The zero-order valence-electron chi connectivity index (χ0n) is 16.8. The van der Waals surface area contributed by atoms with Crippen LogP contribution in [0.25, 0.3) is 0 Å². The van der Waals surface area contributed by atoms with E-state index in [2.05, 4.69) is 51.2 Å². The average Bonchev–Trinajstić information content (AvgIpc) is 2.62. The monoisotopic (exact) mass is 358 g/mol. The zero-order chi connectivity index (χ0) is 19.2. The van der Waals surface area contributed by atoms with Gasteiger partial charge in [0.2, 0.25) is 11.8 Å². The third-order valence-corrected chi connectivity index (χ3v) is 5.36. The Labute approximate surface area is 158 Å². The summed E-state index contributed by atoms with van der Waals surface area (Å²) in [6.45, 7) is 10.2. The van der Waals surface area contributed by atoms with E-state index < -0.39 is 0 Å². The molecule has 0 radical (unpaired) electrons. The van der Waals surface area contributed by atoms with Crippen LogP contribution in [0.2, 0.25) is 0 Å². The molecule has 4 nitrogen and oxygen atoms in total. The van der Waals surface area contributed by atoms with Gasteiger partial charge in [-0.15, -0.1) is 0 Å². The number of carbonyl (C=O) groups excluding carboxylic acids is 2. The SMILES string of the molecule is CCCN(CCC)C(=O)CCC(=O)NC1CCC(C)(C)c2ccccc21. The van der Waals surface area contributed by atoms with Crippen molar-refractivity contribution >= 4 is 11.8 Å². The summed E-state index contributed by atoms with van der Waals surface area (Å²) >= 11 is 0. The fourth-order valence-corrected chi connectivity index (χ4v) is 3.91. The van der Waals surface area contributed by atoms with E-state index in [9.17, 15) is 9.59 Å². The molecule has 0 aliphatic heterocycles. The highest BCUT2D eigenvalue weighted by Crippen LogP contribution is 2.41. The minimum atomic E-state index is -0.0224. The Hall–Kier alpha value is -1.84. The third kappa shape index (κ3) is 5.09. The van der Waals surface area contributed by atoms with Crippen LogP contribution in [0.5, 0.6) is 0 Å². The van der Waals surface area contributed by atoms with Gasteiger partial charge in [-0.25, -0.2) is 0 Å². The van der Waals surface area contributed by atoms with E-state index in [0.717, 1.165) is 38.8 Å². The van der Waals surface area contributed by atoms with Crippen molar-refractivity contribution in [3.63, 3.8) is 0 Å². The van der Waals surface area contributed by atoms with Crippen LogP contribution in [0.3, 0.4) is 0 Å². The molecule has 0 saturated carbocycles. The zero-order valence-corrected chi connectivity index (χ0v) is 16.8. The predicted molar refractivity (Wildman–Crippen MR) is 106 cm³/mol. The fourth-order valence-electron chi connectivity index (χ4n) is 3.91. The third-order valence-electron chi connectivity index (χ3n) is 5.36. The van der Waals surface area contributed by atoms with Crippen LogP contribution in [0, 0.1) is 0 Å². The van der Waals surface area contributed by atoms with Crippen molar-refractivity contribution < 1.29 is 9.59 Å². The highest BCUT2D eigenvalue weighted by atomic mass is 16.2. The molecule has 1 atom stereocenters. The van der Waals surface area contributed by atoms with E-state index in [0.29, 0.717) is 6.42 Å². The fraction of sp³-hybridized carbons (Fsp3) is 0.636. The summed E-state index contributed by atoms with van der Waals surface area (Å²) in [7, 11) is 0. The molecule has 26 heavy (non-hydrogen) atoms. The minimum Gasteiger partial charge on any atom is -0.349 e. The van der Waals surface area contributed by atoms with Gasteiger partial charge >= 0.3 is 0 Å². The first-order valence-electron chi connectivity index (χ1n) is 10.1.